The standard InChI is InChI=1S/C18H20O3/c1-13(10-11-19)14-4-6-15(7-5-14)17-12-16(20-2)8-9-18(17)21-3/h4-10,12,19H,11H2,1-3H3. The molecule has 1 N–H and O–H groups in total. The molecule has 0 saturated carbocycles. The smallest absolute Gasteiger partial charge is 0.126 e. The summed E-state index contributed by atoms with van der Waals surface area (Å²) in [5.74, 6) is 1.61. The average Bonchev–Trinajstić information content (AvgIpc) is 2.54. The van der Waals surface area contributed by atoms with E-state index in [1.54, 1.807) is 20.3 Å². The first-order chi connectivity index (χ1) is 10.2. The molecule has 0 fully saturated rings. The van der Waals surface area contributed by atoms with Gasteiger partial charge in [0, 0.05) is 5.56 Å². The van der Waals surface area contributed by atoms with Gasteiger partial charge in [0.2, 0.25) is 0 Å². The summed E-state index contributed by atoms with van der Waals surface area (Å²) >= 11 is 0. The predicted octanol–water partition coefficient (Wildman–Crippen LogP) is 3.77. The fraction of sp³-hybridized carbons (Fsp3) is 0.222. The number of ether oxygens (including phenoxy) is 2. The summed E-state index contributed by atoms with van der Waals surface area (Å²) in [6.45, 7) is 2.04. The lowest BCUT2D eigenvalue weighted by Gasteiger charge is -2.11. The summed E-state index contributed by atoms with van der Waals surface area (Å²) in [7, 11) is 3.31. The maximum Gasteiger partial charge on any atom is 0.126 e. The van der Waals surface area contributed by atoms with Gasteiger partial charge in [-0.05, 0) is 41.8 Å². The maximum atomic E-state index is 8.95. The minimum atomic E-state index is 0.0529. The molecule has 3 nitrogen and oxygen atoms in total. The summed E-state index contributed by atoms with van der Waals surface area (Å²) in [6, 6.07) is 13.9. The van der Waals surface area contributed by atoms with Gasteiger partial charge in [-0.15, -0.1) is 0 Å². The van der Waals surface area contributed by atoms with E-state index >= 15 is 0 Å². The fourth-order valence-corrected chi connectivity index (χ4v) is 2.21. The molecule has 0 aliphatic heterocycles. The van der Waals surface area contributed by atoms with E-state index in [9.17, 15) is 0 Å². The maximum absolute atomic E-state index is 8.95. The lowest BCUT2D eigenvalue weighted by molar-refractivity contribution is 0.343. The number of methoxy groups -OCH3 is 2. The molecule has 0 aliphatic carbocycles. The van der Waals surface area contributed by atoms with Gasteiger partial charge in [-0.3, -0.25) is 0 Å². The summed E-state index contributed by atoms with van der Waals surface area (Å²) in [5.41, 5.74) is 4.20. The lowest BCUT2D eigenvalue weighted by atomic mass is 10.00. The third-order valence-corrected chi connectivity index (χ3v) is 3.46. The molecule has 21 heavy (non-hydrogen) atoms. The zero-order valence-corrected chi connectivity index (χ0v) is 12.6. The van der Waals surface area contributed by atoms with Crippen LogP contribution in [0, 0.1) is 0 Å². The highest BCUT2D eigenvalue weighted by Gasteiger charge is 2.08. The van der Waals surface area contributed by atoms with Crippen molar-refractivity contribution in [1.29, 1.82) is 0 Å². The molecule has 0 atom stereocenters. The number of aliphatic hydroxyl groups excluding tert-OH is 1. The van der Waals surface area contributed by atoms with Gasteiger partial charge in [0.25, 0.3) is 0 Å². The van der Waals surface area contributed by atoms with Crippen LogP contribution in [0.5, 0.6) is 11.5 Å². The van der Waals surface area contributed by atoms with E-state index < -0.39 is 0 Å². The number of allylic oxidation sites excluding steroid dienone is 1. The fourth-order valence-electron chi connectivity index (χ4n) is 2.21. The zero-order chi connectivity index (χ0) is 15.2. The summed E-state index contributed by atoms with van der Waals surface area (Å²) in [4.78, 5) is 0. The first-order valence-electron chi connectivity index (χ1n) is 6.80. The first-order valence-corrected chi connectivity index (χ1v) is 6.80. The minimum absolute atomic E-state index is 0.0529. The van der Waals surface area contributed by atoms with Crippen molar-refractivity contribution in [1.82, 2.24) is 0 Å². The second-order valence-corrected chi connectivity index (χ2v) is 4.71. The lowest BCUT2D eigenvalue weighted by Crippen LogP contribution is -1.91. The van der Waals surface area contributed by atoms with Gasteiger partial charge in [0.1, 0.15) is 11.5 Å². The summed E-state index contributed by atoms with van der Waals surface area (Å²) in [5, 5.41) is 8.95. The Hall–Kier alpha value is -2.26. The van der Waals surface area contributed by atoms with Gasteiger partial charge < -0.3 is 14.6 Å². The molecule has 0 radical (unpaired) electrons. The number of aliphatic hydroxyl groups is 1. The molecule has 2 aromatic rings. The van der Waals surface area contributed by atoms with Crippen molar-refractivity contribution >= 4 is 5.57 Å². The van der Waals surface area contributed by atoms with Crippen LogP contribution in [0.1, 0.15) is 12.5 Å². The Labute approximate surface area is 125 Å². The molecule has 2 rings (SSSR count). The average molecular weight is 284 g/mol. The molecular formula is C18H20O3. The van der Waals surface area contributed by atoms with E-state index in [-0.39, 0.29) is 6.61 Å². The Kier molecular flexibility index (Phi) is 5.01. The third kappa shape index (κ3) is 3.44. The SMILES string of the molecule is COc1ccc(OC)c(-c2ccc(C(C)=CCO)cc2)c1. The van der Waals surface area contributed by atoms with Gasteiger partial charge in [-0.1, -0.05) is 30.3 Å². The number of rotatable bonds is 5. The number of benzene rings is 2. The molecule has 0 heterocycles. The normalized spacial score (nSPS) is 11.3. The Morgan fingerprint density at radius 3 is 2.33 bits per heavy atom. The molecule has 0 amide bonds. The molecule has 0 unspecified atom stereocenters. The molecule has 0 aromatic heterocycles. The summed E-state index contributed by atoms with van der Waals surface area (Å²) < 4.78 is 10.7. The molecular weight excluding hydrogens is 264 g/mol. The topological polar surface area (TPSA) is 38.7 Å². The van der Waals surface area contributed by atoms with E-state index in [0.717, 1.165) is 33.8 Å². The molecule has 110 valence electrons. The largest absolute Gasteiger partial charge is 0.497 e. The Morgan fingerprint density at radius 1 is 1.05 bits per heavy atom. The third-order valence-electron chi connectivity index (χ3n) is 3.46. The van der Waals surface area contributed by atoms with Gasteiger partial charge in [-0.2, -0.15) is 0 Å². The van der Waals surface area contributed by atoms with Gasteiger partial charge in [0.15, 0.2) is 0 Å². The van der Waals surface area contributed by atoms with Gasteiger partial charge >= 0.3 is 0 Å². The van der Waals surface area contributed by atoms with Crippen LogP contribution in [-0.4, -0.2) is 25.9 Å². The highest BCUT2D eigenvalue weighted by Crippen LogP contribution is 2.33. The van der Waals surface area contributed by atoms with E-state index in [2.05, 4.69) is 0 Å². The van der Waals surface area contributed by atoms with Crippen molar-refractivity contribution in [2.24, 2.45) is 0 Å². The molecule has 0 spiro atoms. The van der Waals surface area contributed by atoms with Gasteiger partial charge in [0.05, 0.1) is 20.8 Å². The predicted molar refractivity (Wildman–Crippen MR) is 85.7 cm³/mol. The Morgan fingerprint density at radius 2 is 1.76 bits per heavy atom. The second kappa shape index (κ2) is 6.95. The van der Waals surface area contributed by atoms with Crippen LogP contribution in [0.4, 0.5) is 0 Å². The van der Waals surface area contributed by atoms with Crippen LogP contribution in [0.3, 0.4) is 0 Å². The van der Waals surface area contributed by atoms with E-state index in [0.29, 0.717) is 0 Å². The second-order valence-electron chi connectivity index (χ2n) is 4.71. The zero-order valence-electron chi connectivity index (χ0n) is 12.6. The Bertz CT molecular complexity index is 627. The van der Waals surface area contributed by atoms with Crippen molar-refractivity contribution in [3.63, 3.8) is 0 Å². The monoisotopic (exact) mass is 284 g/mol. The summed E-state index contributed by atoms with van der Waals surface area (Å²) in [6.07, 6.45) is 1.79. The van der Waals surface area contributed by atoms with Gasteiger partial charge in [-0.25, -0.2) is 0 Å². The molecule has 0 bridgehead atoms. The van der Waals surface area contributed by atoms with Crippen LogP contribution >= 0.6 is 0 Å². The van der Waals surface area contributed by atoms with Crippen molar-refractivity contribution in [3.8, 4) is 22.6 Å². The van der Waals surface area contributed by atoms with E-state index in [1.807, 2.05) is 49.4 Å². The van der Waals surface area contributed by atoms with Crippen LogP contribution < -0.4 is 9.47 Å². The van der Waals surface area contributed by atoms with Crippen molar-refractivity contribution < 1.29 is 14.6 Å². The quantitative estimate of drug-likeness (QED) is 0.908. The number of hydrogen-bond acceptors (Lipinski definition) is 3. The highest BCUT2D eigenvalue weighted by molar-refractivity contribution is 5.74. The molecule has 0 saturated heterocycles. The number of hydrogen-bond donors (Lipinski definition) is 1. The molecule has 0 aliphatic rings. The highest BCUT2D eigenvalue weighted by atomic mass is 16.5. The van der Waals surface area contributed by atoms with Crippen LogP contribution in [0.25, 0.3) is 16.7 Å². The minimum Gasteiger partial charge on any atom is -0.497 e. The van der Waals surface area contributed by atoms with Crippen molar-refractivity contribution in [2.75, 3.05) is 20.8 Å². The molecule has 3 heteroatoms. The van der Waals surface area contributed by atoms with Crippen molar-refractivity contribution in [3.05, 3.63) is 54.1 Å². The van der Waals surface area contributed by atoms with E-state index in [1.165, 1.54) is 0 Å². The first kappa shape index (κ1) is 15.1. The van der Waals surface area contributed by atoms with Crippen LogP contribution in [0.2, 0.25) is 0 Å². The van der Waals surface area contributed by atoms with Crippen molar-refractivity contribution in [2.45, 2.75) is 6.92 Å². The Balaban J connectivity index is 2.40. The van der Waals surface area contributed by atoms with E-state index in [4.69, 9.17) is 14.6 Å². The molecule has 2 aromatic carbocycles. The van der Waals surface area contributed by atoms with Crippen LogP contribution in [0.15, 0.2) is 48.5 Å². The van der Waals surface area contributed by atoms with Crippen LogP contribution in [-0.2, 0) is 0 Å².